The summed E-state index contributed by atoms with van der Waals surface area (Å²) in [5, 5.41) is 5.60. The summed E-state index contributed by atoms with van der Waals surface area (Å²) in [5.41, 5.74) is 7.44. The lowest BCUT2D eigenvalue weighted by Crippen LogP contribution is -2.44. The zero-order valence-corrected chi connectivity index (χ0v) is 12.4. The van der Waals surface area contributed by atoms with Crippen molar-refractivity contribution >= 4 is 17.5 Å². The molecule has 0 saturated carbocycles. The van der Waals surface area contributed by atoms with E-state index >= 15 is 0 Å². The van der Waals surface area contributed by atoms with Crippen molar-refractivity contribution in [3.8, 4) is 0 Å². The molecule has 0 radical (unpaired) electrons. The van der Waals surface area contributed by atoms with Crippen molar-refractivity contribution in [1.82, 2.24) is 5.32 Å². The van der Waals surface area contributed by atoms with Crippen molar-refractivity contribution in [2.24, 2.45) is 11.7 Å². The highest BCUT2D eigenvalue weighted by Crippen LogP contribution is 2.17. The number of nitrogens with two attached hydrogens (primary N) is 1. The maximum Gasteiger partial charge on any atom is 0.237 e. The number of anilines is 1. The molecule has 2 amide bonds. The van der Waals surface area contributed by atoms with E-state index in [1.54, 1.807) is 6.07 Å². The summed E-state index contributed by atoms with van der Waals surface area (Å²) >= 11 is 0. The molecule has 0 saturated heterocycles. The lowest BCUT2D eigenvalue weighted by molar-refractivity contribution is -0.123. The molecule has 0 aliphatic carbocycles. The highest BCUT2D eigenvalue weighted by molar-refractivity contribution is 5.88. The Morgan fingerprint density at radius 2 is 1.85 bits per heavy atom. The normalized spacial score (nSPS) is 13.7. The quantitative estimate of drug-likeness (QED) is 0.767. The zero-order chi connectivity index (χ0) is 15.3. The first-order valence-corrected chi connectivity index (χ1v) is 6.74. The van der Waals surface area contributed by atoms with E-state index in [-0.39, 0.29) is 23.8 Å². The van der Waals surface area contributed by atoms with Gasteiger partial charge in [-0.2, -0.15) is 0 Å². The molecule has 5 nitrogen and oxygen atoms in total. The Morgan fingerprint density at radius 3 is 2.40 bits per heavy atom. The van der Waals surface area contributed by atoms with Crippen LogP contribution in [-0.2, 0) is 9.59 Å². The van der Waals surface area contributed by atoms with Crippen LogP contribution in [-0.4, -0.2) is 17.9 Å². The summed E-state index contributed by atoms with van der Waals surface area (Å²) < 4.78 is 0. The van der Waals surface area contributed by atoms with Crippen LogP contribution in [0.5, 0.6) is 0 Å². The van der Waals surface area contributed by atoms with E-state index in [0.717, 1.165) is 5.56 Å². The van der Waals surface area contributed by atoms with Crippen molar-refractivity contribution in [2.75, 3.05) is 5.32 Å². The Balaban J connectivity index is 2.74. The van der Waals surface area contributed by atoms with E-state index in [1.165, 1.54) is 6.92 Å². The molecule has 0 bridgehead atoms. The molecule has 1 unspecified atom stereocenters. The maximum atomic E-state index is 11.9. The Bertz CT molecular complexity index is 486. The second kappa shape index (κ2) is 7.05. The fourth-order valence-electron chi connectivity index (χ4n) is 1.78. The van der Waals surface area contributed by atoms with Crippen LogP contribution < -0.4 is 16.4 Å². The first-order valence-electron chi connectivity index (χ1n) is 6.74. The first-order chi connectivity index (χ1) is 9.31. The number of nitrogens with one attached hydrogen (secondary N) is 2. The summed E-state index contributed by atoms with van der Waals surface area (Å²) in [4.78, 5) is 23.0. The van der Waals surface area contributed by atoms with Crippen LogP contribution in [0.1, 0.15) is 39.3 Å². The molecule has 1 rings (SSSR count). The molecule has 1 aromatic rings. The summed E-state index contributed by atoms with van der Waals surface area (Å²) in [6.07, 6.45) is 0. The van der Waals surface area contributed by atoms with Gasteiger partial charge < -0.3 is 16.4 Å². The lowest BCUT2D eigenvalue weighted by Gasteiger charge is -2.20. The number of rotatable bonds is 5. The van der Waals surface area contributed by atoms with Gasteiger partial charge in [0.1, 0.15) is 0 Å². The minimum absolute atomic E-state index is 0.0907. The number of benzene rings is 1. The Morgan fingerprint density at radius 1 is 1.20 bits per heavy atom. The Kier molecular flexibility index (Phi) is 5.70. The average molecular weight is 277 g/mol. The third kappa shape index (κ3) is 4.66. The van der Waals surface area contributed by atoms with Crippen molar-refractivity contribution in [3.05, 3.63) is 29.8 Å². The standard InChI is InChI=1S/C15H23N3O2/c1-9(2)14(16)15(20)17-10(3)12-6-5-7-13(8-12)18-11(4)19/h5-10,14H,16H2,1-4H3,(H,17,20)(H,18,19)/t10?,14-/m0/s1. The average Bonchev–Trinajstić information content (AvgIpc) is 2.37. The second-order valence-electron chi connectivity index (χ2n) is 5.31. The minimum Gasteiger partial charge on any atom is -0.348 e. The van der Waals surface area contributed by atoms with Gasteiger partial charge in [-0.05, 0) is 30.5 Å². The molecule has 20 heavy (non-hydrogen) atoms. The summed E-state index contributed by atoms with van der Waals surface area (Å²) in [6.45, 7) is 7.16. The molecular weight excluding hydrogens is 254 g/mol. The molecular formula is C15H23N3O2. The molecule has 0 aliphatic rings. The molecule has 0 fully saturated rings. The van der Waals surface area contributed by atoms with Gasteiger partial charge in [0.25, 0.3) is 0 Å². The van der Waals surface area contributed by atoms with Crippen molar-refractivity contribution < 1.29 is 9.59 Å². The summed E-state index contributed by atoms with van der Waals surface area (Å²) in [5.74, 6) is -0.203. The Labute approximate surface area is 119 Å². The maximum absolute atomic E-state index is 11.9. The van der Waals surface area contributed by atoms with Gasteiger partial charge in [-0.15, -0.1) is 0 Å². The lowest BCUT2D eigenvalue weighted by atomic mass is 10.0. The van der Waals surface area contributed by atoms with Crippen molar-refractivity contribution in [2.45, 2.75) is 39.8 Å². The van der Waals surface area contributed by atoms with Crippen LogP contribution in [0.2, 0.25) is 0 Å². The topological polar surface area (TPSA) is 84.2 Å². The van der Waals surface area contributed by atoms with E-state index in [1.807, 2.05) is 39.0 Å². The van der Waals surface area contributed by atoms with Gasteiger partial charge in [0.2, 0.25) is 11.8 Å². The fraction of sp³-hybridized carbons (Fsp3) is 0.467. The van der Waals surface area contributed by atoms with Gasteiger partial charge >= 0.3 is 0 Å². The van der Waals surface area contributed by atoms with Gasteiger partial charge in [-0.3, -0.25) is 9.59 Å². The third-order valence-corrected chi connectivity index (χ3v) is 3.09. The molecule has 0 aromatic heterocycles. The van der Waals surface area contributed by atoms with Crippen LogP contribution in [0.25, 0.3) is 0 Å². The van der Waals surface area contributed by atoms with Gasteiger partial charge in [0, 0.05) is 12.6 Å². The van der Waals surface area contributed by atoms with Crippen LogP contribution in [0, 0.1) is 5.92 Å². The van der Waals surface area contributed by atoms with Gasteiger partial charge in [0.15, 0.2) is 0 Å². The van der Waals surface area contributed by atoms with E-state index in [9.17, 15) is 9.59 Å². The summed E-state index contributed by atoms with van der Waals surface area (Å²) in [7, 11) is 0. The Hall–Kier alpha value is -1.88. The highest BCUT2D eigenvalue weighted by Gasteiger charge is 2.19. The first kappa shape index (κ1) is 16.2. The van der Waals surface area contributed by atoms with E-state index < -0.39 is 6.04 Å². The molecule has 5 heteroatoms. The number of hydrogen-bond acceptors (Lipinski definition) is 3. The van der Waals surface area contributed by atoms with Crippen LogP contribution in [0.3, 0.4) is 0 Å². The third-order valence-electron chi connectivity index (χ3n) is 3.09. The molecule has 2 atom stereocenters. The van der Waals surface area contributed by atoms with Gasteiger partial charge in [-0.1, -0.05) is 26.0 Å². The molecule has 4 N–H and O–H groups in total. The van der Waals surface area contributed by atoms with Gasteiger partial charge in [0.05, 0.1) is 12.1 Å². The number of carbonyl (C=O) groups is 2. The molecule has 0 heterocycles. The van der Waals surface area contributed by atoms with E-state index in [4.69, 9.17) is 5.73 Å². The SMILES string of the molecule is CC(=O)Nc1cccc(C(C)NC(=O)[C@@H](N)C(C)C)c1. The van der Waals surface area contributed by atoms with Gasteiger partial charge in [-0.25, -0.2) is 0 Å². The molecule has 0 aliphatic heterocycles. The fourth-order valence-corrected chi connectivity index (χ4v) is 1.78. The van der Waals surface area contributed by atoms with Crippen LogP contribution in [0.15, 0.2) is 24.3 Å². The molecule has 0 spiro atoms. The van der Waals surface area contributed by atoms with Crippen molar-refractivity contribution in [1.29, 1.82) is 0 Å². The highest BCUT2D eigenvalue weighted by atomic mass is 16.2. The zero-order valence-electron chi connectivity index (χ0n) is 12.4. The van der Waals surface area contributed by atoms with Crippen LogP contribution >= 0.6 is 0 Å². The number of hydrogen-bond donors (Lipinski definition) is 3. The minimum atomic E-state index is -0.518. The predicted molar refractivity (Wildman–Crippen MR) is 80.1 cm³/mol. The predicted octanol–water partition coefficient (Wildman–Crippen LogP) is 1.81. The van der Waals surface area contributed by atoms with Crippen LogP contribution in [0.4, 0.5) is 5.69 Å². The number of amides is 2. The van der Waals surface area contributed by atoms with E-state index in [2.05, 4.69) is 10.6 Å². The monoisotopic (exact) mass is 277 g/mol. The smallest absolute Gasteiger partial charge is 0.237 e. The summed E-state index contributed by atoms with van der Waals surface area (Å²) in [6, 6.07) is 6.70. The largest absolute Gasteiger partial charge is 0.348 e. The second-order valence-corrected chi connectivity index (χ2v) is 5.31. The molecule has 1 aromatic carbocycles. The number of carbonyl (C=O) groups excluding carboxylic acids is 2. The van der Waals surface area contributed by atoms with Crippen molar-refractivity contribution in [3.63, 3.8) is 0 Å². The van der Waals surface area contributed by atoms with E-state index in [0.29, 0.717) is 5.69 Å². The molecule has 110 valence electrons.